The summed E-state index contributed by atoms with van der Waals surface area (Å²) in [4.78, 5) is 11.3. The Balaban J connectivity index is 1.74. The van der Waals surface area contributed by atoms with E-state index in [-0.39, 0.29) is 6.61 Å². The molecule has 9 heteroatoms. The second-order valence-electron chi connectivity index (χ2n) is 4.70. The third-order valence-electron chi connectivity index (χ3n) is 2.85. The molecule has 2 N–H and O–H groups in total. The van der Waals surface area contributed by atoms with Gasteiger partial charge in [0.1, 0.15) is 12.4 Å². The highest BCUT2D eigenvalue weighted by Crippen LogP contribution is 2.26. The predicted molar refractivity (Wildman–Crippen MR) is 94.1 cm³/mol. The Hall–Kier alpha value is -1.84. The molecule has 0 aliphatic carbocycles. The van der Waals surface area contributed by atoms with Gasteiger partial charge in [-0.2, -0.15) is 0 Å². The summed E-state index contributed by atoms with van der Waals surface area (Å²) >= 11 is 2.89. The number of anilines is 1. The number of esters is 1. The zero-order chi connectivity index (χ0) is 17.4. The average Bonchev–Trinajstić information content (AvgIpc) is 3.06. The molecular weight excluding hydrogens is 350 g/mol. The number of nitrogens with zero attached hydrogens (tertiary/aromatic N) is 2. The summed E-state index contributed by atoms with van der Waals surface area (Å²) in [5.41, 5.74) is 0.453. The average molecular weight is 369 g/mol. The Morgan fingerprint density at radius 1 is 1.38 bits per heavy atom. The number of carbonyl (C=O) groups is 1. The zero-order valence-electron chi connectivity index (χ0n) is 13.4. The molecule has 0 radical (unpaired) electrons. The topological polar surface area (TPSA) is 93.6 Å². The van der Waals surface area contributed by atoms with E-state index in [1.165, 1.54) is 30.2 Å². The molecule has 1 aromatic heterocycles. The number of hydrogen-bond donors (Lipinski definition) is 2. The predicted octanol–water partition coefficient (Wildman–Crippen LogP) is 2.29. The Morgan fingerprint density at radius 3 is 2.79 bits per heavy atom. The van der Waals surface area contributed by atoms with Crippen molar-refractivity contribution < 1.29 is 19.4 Å². The molecule has 7 nitrogen and oxygen atoms in total. The lowest BCUT2D eigenvalue weighted by Crippen LogP contribution is -2.20. The van der Waals surface area contributed by atoms with Crippen molar-refractivity contribution >= 4 is 34.2 Å². The number of aliphatic hydroxyl groups excluding tert-OH is 1. The first-order chi connectivity index (χ1) is 11.6. The molecular formula is C15H19N3O4S2. The van der Waals surface area contributed by atoms with Crippen molar-refractivity contribution in [3.63, 3.8) is 0 Å². The summed E-state index contributed by atoms with van der Waals surface area (Å²) in [6.45, 7) is 2.95. The molecule has 0 amide bonds. The van der Waals surface area contributed by atoms with Crippen LogP contribution in [-0.4, -0.2) is 53.4 Å². The van der Waals surface area contributed by atoms with E-state index in [0.717, 1.165) is 16.0 Å². The van der Waals surface area contributed by atoms with E-state index in [0.29, 0.717) is 17.1 Å². The number of rotatable bonds is 9. The van der Waals surface area contributed by atoms with Crippen molar-refractivity contribution in [2.75, 3.05) is 31.3 Å². The van der Waals surface area contributed by atoms with E-state index in [1.807, 2.05) is 6.92 Å². The first-order valence-corrected chi connectivity index (χ1v) is 9.12. The quantitative estimate of drug-likeness (QED) is 0.514. The Labute approximate surface area is 148 Å². The fourth-order valence-corrected chi connectivity index (χ4v) is 3.46. The molecule has 1 heterocycles. The van der Waals surface area contributed by atoms with E-state index in [4.69, 9.17) is 4.74 Å². The van der Waals surface area contributed by atoms with Crippen molar-refractivity contribution in [3.05, 3.63) is 29.8 Å². The third-order valence-corrected chi connectivity index (χ3v) is 5.01. The minimum Gasteiger partial charge on any atom is -0.491 e. The summed E-state index contributed by atoms with van der Waals surface area (Å²) in [6.07, 6.45) is -0.637. The third kappa shape index (κ3) is 5.66. The minimum absolute atomic E-state index is 0.156. The fourth-order valence-electron chi connectivity index (χ4n) is 1.70. The molecule has 2 rings (SSSR count). The Kier molecular flexibility index (Phi) is 7.29. The smallest absolute Gasteiger partial charge is 0.337 e. The highest BCUT2D eigenvalue weighted by Gasteiger charge is 2.10. The summed E-state index contributed by atoms with van der Waals surface area (Å²) < 4.78 is 10.9. The molecule has 0 saturated heterocycles. The monoisotopic (exact) mass is 369 g/mol. The van der Waals surface area contributed by atoms with E-state index >= 15 is 0 Å². The minimum atomic E-state index is -0.637. The van der Waals surface area contributed by atoms with Gasteiger partial charge >= 0.3 is 5.97 Å². The molecule has 130 valence electrons. The van der Waals surface area contributed by atoms with E-state index in [2.05, 4.69) is 20.3 Å². The SMILES string of the molecule is CCNc1nnc(SCC(O)COc2ccc(C(=O)OC)cc2)s1. The highest BCUT2D eigenvalue weighted by molar-refractivity contribution is 8.01. The maximum absolute atomic E-state index is 11.3. The van der Waals surface area contributed by atoms with Gasteiger partial charge in [0.2, 0.25) is 5.13 Å². The Morgan fingerprint density at radius 2 is 2.12 bits per heavy atom. The molecule has 1 aromatic carbocycles. The number of ether oxygens (including phenoxy) is 2. The first kappa shape index (κ1) is 18.5. The molecule has 0 spiro atoms. The first-order valence-electron chi connectivity index (χ1n) is 7.31. The van der Waals surface area contributed by atoms with Crippen LogP contribution in [-0.2, 0) is 4.74 Å². The molecule has 24 heavy (non-hydrogen) atoms. The van der Waals surface area contributed by atoms with Gasteiger partial charge in [0.15, 0.2) is 4.34 Å². The maximum Gasteiger partial charge on any atom is 0.337 e. The number of nitrogens with one attached hydrogen (secondary N) is 1. The molecule has 1 atom stereocenters. The van der Waals surface area contributed by atoms with Crippen molar-refractivity contribution in [2.45, 2.75) is 17.4 Å². The lowest BCUT2D eigenvalue weighted by molar-refractivity contribution is 0.0600. The second kappa shape index (κ2) is 9.45. The lowest BCUT2D eigenvalue weighted by Gasteiger charge is -2.11. The standard InChI is InChI=1S/C15H19N3O4S2/c1-3-16-14-17-18-15(24-14)23-9-11(19)8-22-12-6-4-10(5-7-12)13(20)21-2/h4-7,11,19H,3,8-9H2,1-2H3,(H,16,17). The van der Waals surface area contributed by atoms with Gasteiger partial charge in [-0.15, -0.1) is 10.2 Å². The van der Waals surface area contributed by atoms with Gasteiger partial charge in [-0.3, -0.25) is 0 Å². The van der Waals surface area contributed by atoms with Crippen molar-refractivity contribution in [3.8, 4) is 5.75 Å². The van der Waals surface area contributed by atoms with E-state index < -0.39 is 12.1 Å². The van der Waals surface area contributed by atoms with Gasteiger partial charge in [0.25, 0.3) is 0 Å². The van der Waals surface area contributed by atoms with Crippen molar-refractivity contribution in [2.24, 2.45) is 0 Å². The fraction of sp³-hybridized carbons (Fsp3) is 0.400. The molecule has 0 fully saturated rings. The number of carbonyl (C=O) groups excluding carboxylic acids is 1. The number of thioether (sulfide) groups is 1. The Bertz CT molecular complexity index is 648. The maximum atomic E-state index is 11.3. The normalized spacial score (nSPS) is 11.8. The van der Waals surface area contributed by atoms with Gasteiger partial charge in [0, 0.05) is 12.3 Å². The van der Waals surface area contributed by atoms with Crippen LogP contribution in [0.4, 0.5) is 5.13 Å². The van der Waals surface area contributed by atoms with Crippen LogP contribution < -0.4 is 10.1 Å². The van der Waals surface area contributed by atoms with Crippen LogP contribution in [0.15, 0.2) is 28.6 Å². The number of benzene rings is 1. The van der Waals surface area contributed by atoms with E-state index in [9.17, 15) is 9.90 Å². The van der Waals surface area contributed by atoms with Crippen LogP contribution in [0.1, 0.15) is 17.3 Å². The number of hydrogen-bond acceptors (Lipinski definition) is 9. The zero-order valence-corrected chi connectivity index (χ0v) is 15.0. The van der Waals surface area contributed by atoms with Gasteiger partial charge in [-0.25, -0.2) is 4.79 Å². The van der Waals surface area contributed by atoms with Crippen LogP contribution in [0.2, 0.25) is 0 Å². The van der Waals surface area contributed by atoms with Crippen LogP contribution >= 0.6 is 23.1 Å². The summed E-state index contributed by atoms with van der Waals surface area (Å²) in [7, 11) is 1.33. The van der Waals surface area contributed by atoms with Crippen molar-refractivity contribution in [1.29, 1.82) is 0 Å². The molecule has 0 saturated carbocycles. The number of aromatic nitrogens is 2. The molecule has 0 aliphatic rings. The van der Waals surface area contributed by atoms with Crippen LogP contribution in [0.5, 0.6) is 5.75 Å². The van der Waals surface area contributed by atoms with Crippen LogP contribution in [0.25, 0.3) is 0 Å². The molecule has 2 aromatic rings. The molecule has 0 bridgehead atoms. The van der Waals surface area contributed by atoms with E-state index in [1.54, 1.807) is 24.3 Å². The molecule has 1 unspecified atom stereocenters. The van der Waals surface area contributed by atoms with Crippen molar-refractivity contribution in [1.82, 2.24) is 10.2 Å². The van der Waals surface area contributed by atoms with Crippen LogP contribution in [0, 0.1) is 0 Å². The summed E-state index contributed by atoms with van der Waals surface area (Å²) in [5.74, 6) is 0.644. The van der Waals surface area contributed by atoms with Gasteiger partial charge in [-0.1, -0.05) is 23.1 Å². The number of aliphatic hydroxyl groups is 1. The van der Waals surface area contributed by atoms with Crippen LogP contribution in [0.3, 0.4) is 0 Å². The summed E-state index contributed by atoms with van der Waals surface area (Å²) in [6, 6.07) is 6.57. The van der Waals surface area contributed by atoms with Gasteiger partial charge < -0.3 is 19.9 Å². The largest absolute Gasteiger partial charge is 0.491 e. The lowest BCUT2D eigenvalue weighted by atomic mass is 10.2. The molecule has 0 aliphatic heterocycles. The second-order valence-corrected chi connectivity index (χ2v) is 6.94. The number of methoxy groups -OCH3 is 1. The highest BCUT2D eigenvalue weighted by atomic mass is 32.2. The van der Waals surface area contributed by atoms with Gasteiger partial charge in [-0.05, 0) is 31.2 Å². The van der Waals surface area contributed by atoms with Gasteiger partial charge in [0.05, 0.1) is 18.8 Å². The summed E-state index contributed by atoms with van der Waals surface area (Å²) in [5, 5.41) is 21.9.